The second kappa shape index (κ2) is 5.44. The molecule has 0 amide bonds. The van der Waals surface area contributed by atoms with Gasteiger partial charge in [0.05, 0.1) is 0 Å². The van der Waals surface area contributed by atoms with Gasteiger partial charge in [-0.2, -0.15) is 0 Å². The number of halogens is 3. The van der Waals surface area contributed by atoms with Crippen molar-refractivity contribution in [3.05, 3.63) is 46.8 Å². The second-order valence-electron chi connectivity index (χ2n) is 3.45. The van der Waals surface area contributed by atoms with Crippen LogP contribution in [0.2, 0.25) is 0 Å². The van der Waals surface area contributed by atoms with Crippen LogP contribution in [0.1, 0.15) is 0 Å². The van der Waals surface area contributed by atoms with Gasteiger partial charge in [-0.25, -0.2) is 17.8 Å². The standard InChI is InChI=1S/C11H6BrClFNO3S/c12-7-4-8(14)6-9(5-7)18-11-10(19(13,16)17)2-1-3-15-11/h1-6H. The van der Waals surface area contributed by atoms with Crippen LogP contribution in [0.4, 0.5) is 4.39 Å². The lowest BCUT2D eigenvalue weighted by atomic mass is 10.3. The van der Waals surface area contributed by atoms with E-state index in [2.05, 4.69) is 20.9 Å². The molecule has 0 atom stereocenters. The molecule has 0 radical (unpaired) electrons. The van der Waals surface area contributed by atoms with E-state index in [1.54, 1.807) is 0 Å². The van der Waals surface area contributed by atoms with Crippen LogP contribution in [0.3, 0.4) is 0 Å². The van der Waals surface area contributed by atoms with Gasteiger partial charge >= 0.3 is 0 Å². The Hall–Kier alpha value is -1.18. The molecule has 0 saturated carbocycles. The fourth-order valence-corrected chi connectivity index (χ4v) is 2.68. The molecule has 0 fully saturated rings. The van der Waals surface area contributed by atoms with Crippen LogP contribution < -0.4 is 4.74 Å². The Morgan fingerprint density at radius 3 is 2.68 bits per heavy atom. The molecular formula is C11H6BrClFNO3S. The van der Waals surface area contributed by atoms with Gasteiger partial charge in [0.15, 0.2) is 0 Å². The van der Waals surface area contributed by atoms with Gasteiger partial charge in [0.25, 0.3) is 9.05 Å². The highest BCUT2D eigenvalue weighted by Crippen LogP contribution is 2.30. The maximum absolute atomic E-state index is 13.2. The average molecular weight is 367 g/mol. The van der Waals surface area contributed by atoms with Crippen LogP contribution in [0, 0.1) is 5.82 Å². The van der Waals surface area contributed by atoms with Gasteiger partial charge in [-0.3, -0.25) is 0 Å². The van der Waals surface area contributed by atoms with Crippen molar-refractivity contribution in [2.75, 3.05) is 0 Å². The predicted molar refractivity (Wildman–Crippen MR) is 71.4 cm³/mol. The van der Waals surface area contributed by atoms with Gasteiger partial charge in [-0.05, 0) is 24.3 Å². The maximum atomic E-state index is 13.2. The van der Waals surface area contributed by atoms with Crippen LogP contribution in [0.5, 0.6) is 11.6 Å². The minimum atomic E-state index is -3.99. The summed E-state index contributed by atoms with van der Waals surface area (Å²) >= 11 is 3.10. The largest absolute Gasteiger partial charge is 0.437 e. The summed E-state index contributed by atoms with van der Waals surface area (Å²) in [5, 5.41) is 0. The minimum Gasteiger partial charge on any atom is -0.437 e. The molecule has 1 aromatic heterocycles. The molecule has 0 bridgehead atoms. The van der Waals surface area contributed by atoms with Crippen molar-refractivity contribution in [2.45, 2.75) is 4.90 Å². The van der Waals surface area contributed by atoms with Gasteiger partial charge in [-0.15, -0.1) is 0 Å². The molecule has 2 aromatic rings. The summed E-state index contributed by atoms with van der Waals surface area (Å²) in [4.78, 5) is 3.50. The third-order valence-corrected chi connectivity index (χ3v) is 3.84. The minimum absolute atomic E-state index is 0.104. The smallest absolute Gasteiger partial charge is 0.266 e. The van der Waals surface area contributed by atoms with E-state index >= 15 is 0 Å². The summed E-state index contributed by atoms with van der Waals surface area (Å²) in [6.45, 7) is 0. The molecule has 1 heterocycles. The summed E-state index contributed by atoms with van der Waals surface area (Å²) in [7, 11) is 1.27. The van der Waals surface area contributed by atoms with E-state index in [1.807, 2.05) is 0 Å². The molecule has 4 nitrogen and oxygen atoms in total. The number of ether oxygens (including phenoxy) is 1. The molecule has 8 heteroatoms. The van der Waals surface area contributed by atoms with Crippen LogP contribution in [0.15, 0.2) is 45.9 Å². The predicted octanol–water partition coefficient (Wildman–Crippen LogP) is 3.70. The van der Waals surface area contributed by atoms with Crippen molar-refractivity contribution in [2.24, 2.45) is 0 Å². The zero-order chi connectivity index (χ0) is 14.0. The number of pyridine rings is 1. The van der Waals surface area contributed by atoms with Gasteiger partial charge in [0, 0.05) is 27.4 Å². The zero-order valence-electron chi connectivity index (χ0n) is 9.18. The average Bonchev–Trinajstić information content (AvgIpc) is 2.26. The number of hydrogen-bond donors (Lipinski definition) is 0. The fraction of sp³-hybridized carbons (Fsp3) is 0. The molecule has 2 rings (SSSR count). The normalized spacial score (nSPS) is 11.3. The van der Waals surface area contributed by atoms with Crippen LogP contribution in [-0.2, 0) is 9.05 Å². The van der Waals surface area contributed by atoms with Crippen LogP contribution in [-0.4, -0.2) is 13.4 Å². The third kappa shape index (κ3) is 3.65. The first-order valence-corrected chi connectivity index (χ1v) is 8.00. The van der Waals surface area contributed by atoms with Gasteiger partial charge in [0.1, 0.15) is 16.5 Å². The lowest BCUT2D eigenvalue weighted by Crippen LogP contribution is -1.98. The van der Waals surface area contributed by atoms with E-state index in [1.165, 1.54) is 30.5 Å². The topological polar surface area (TPSA) is 56.3 Å². The molecule has 1 aromatic carbocycles. The van der Waals surface area contributed by atoms with Gasteiger partial charge in [0.2, 0.25) is 5.88 Å². The molecule has 0 aliphatic heterocycles. The van der Waals surface area contributed by atoms with E-state index in [0.717, 1.165) is 6.07 Å². The fourth-order valence-electron chi connectivity index (χ4n) is 1.34. The molecular weight excluding hydrogens is 361 g/mol. The Labute approximate surface area is 121 Å². The number of rotatable bonds is 3. The summed E-state index contributed by atoms with van der Waals surface area (Å²) in [5.41, 5.74) is 0. The van der Waals surface area contributed by atoms with Gasteiger partial charge in [-0.1, -0.05) is 15.9 Å². The third-order valence-electron chi connectivity index (χ3n) is 2.05. The molecule has 0 spiro atoms. The lowest BCUT2D eigenvalue weighted by molar-refractivity contribution is 0.443. The summed E-state index contributed by atoms with van der Waals surface area (Å²) in [6.07, 6.45) is 1.34. The van der Waals surface area contributed by atoms with Crippen molar-refractivity contribution in [3.8, 4) is 11.6 Å². The Morgan fingerprint density at radius 1 is 1.32 bits per heavy atom. The Kier molecular flexibility index (Phi) is 4.07. The number of aromatic nitrogens is 1. The van der Waals surface area contributed by atoms with Crippen LogP contribution in [0.25, 0.3) is 0 Å². The van der Waals surface area contributed by atoms with Gasteiger partial charge < -0.3 is 4.74 Å². The SMILES string of the molecule is O=S(=O)(Cl)c1cccnc1Oc1cc(F)cc(Br)c1. The molecule has 0 N–H and O–H groups in total. The summed E-state index contributed by atoms with van der Waals surface area (Å²) < 4.78 is 41.6. The Morgan fingerprint density at radius 2 is 2.05 bits per heavy atom. The maximum Gasteiger partial charge on any atom is 0.266 e. The molecule has 0 aliphatic rings. The first-order chi connectivity index (χ1) is 8.86. The van der Waals surface area contributed by atoms with E-state index in [-0.39, 0.29) is 16.5 Å². The Bertz CT molecular complexity index is 703. The van der Waals surface area contributed by atoms with E-state index in [4.69, 9.17) is 15.4 Å². The highest BCUT2D eigenvalue weighted by molar-refractivity contribution is 9.10. The van der Waals surface area contributed by atoms with Crippen molar-refractivity contribution in [1.29, 1.82) is 0 Å². The van der Waals surface area contributed by atoms with E-state index in [9.17, 15) is 12.8 Å². The molecule has 0 aliphatic carbocycles. The lowest BCUT2D eigenvalue weighted by Gasteiger charge is -2.08. The quantitative estimate of drug-likeness (QED) is 0.777. The zero-order valence-corrected chi connectivity index (χ0v) is 12.3. The number of hydrogen-bond acceptors (Lipinski definition) is 4. The van der Waals surface area contributed by atoms with E-state index < -0.39 is 14.9 Å². The Balaban J connectivity index is 2.44. The summed E-state index contributed by atoms with van der Waals surface area (Å²) in [5.74, 6) is -0.641. The highest BCUT2D eigenvalue weighted by atomic mass is 79.9. The first-order valence-electron chi connectivity index (χ1n) is 4.90. The highest BCUT2D eigenvalue weighted by Gasteiger charge is 2.18. The number of benzene rings is 1. The first kappa shape index (κ1) is 14.2. The van der Waals surface area contributed by atoms with Crippen molar-refractivity contribution >= 4 is 35.7 Å². The number of nitrogens with zero attached hydrogens (tertiary/aromatic N) is 1. The molecule has 100 valence electrons. The molecule has 0 unspecified atom stereocenters. The van der Waals surface area contributed by atoms with Crippen molar-refractivity contribution in [3.63, 3.8) is 0 Å². The van der Waals surface area contributed by atoms with Crippen LogP contribution >= 0.6 is 26.6 Å². The van der Waals surface area contributed by atoms with Crippen molar-refractivity contribution < 1.29 is 17.5 Å². The molecule has 0 saturated heterocycles. The van der Waals surface area contributed by atoms with E-state index in [0.29, 0.717) is 4.47 Å². The summed E-state index contributed by atoms with van der Waals surface area (Å²) in [6, 6.07) is 6.47. The monoisotopic (exact) mass is 365 g/mol. The van der Waals surface area contributed by atoms with Crippen molar-refractivity contribution in [1.82, 2.24) is 4.98 Å². The second-order valence-corrected chi connectivity index (χ2v) is 6.90. The molecule has 19 heavy (non-hydrogen) atoms.